The van der Waals surface area contributed by atoms with Gasteiger partial charge < -0.3 is 15.4 Å². The first-order valence-corrected chi connectivity index (χ1v) is 8.03. The molecule has 0 aliphatic carbocycles. The standard InChI is InChI=1S/C20H20N2O4/c1-3-11-21-20(25)17-9-4-5-10-18(17)22-19(24)13-26-16-8-6-7-15(12-16)14(2)23/h3-10,12H,1,11,13H2,2H3,(H,21,25)(H,22,24). The summed E-state index contributed by atoms with van der Waals surface area (Å²) < 4.78 is 5.42. The molecule has 0 aliphatic rings. The van der Waals surface area contributed by atoms with Gasteiger partial charge in [-0.15, -0.1) is 6.58 Å². The van der Waals surface area contributed by atoms with Crippen molar-refractivity contribution in [2.24, 2.45) is 0 Å². The smallest absolute Gasteiger partial charge is 0.262 e. The summed E-state index contributed by atoms with van der Waals surface area (Å²) in [7, 11) is 0. The Morgan fingerprint density at radius 2 is 1.88 bits per heavy atom. The number of hydrogen-bond donors (Lipinski definition) is 2. The third kappa shape index (κ3) is 5.31. The fraction of sp³-hybridized carbons (Fsp3) is 0.150. The van der Waals surface area contributed by atoms with Crippen molar-refractivity contribution in [2.75, 3.05) is 18.5 Å². The molecule has 0 atom stereocenters. The molecule has 0 aliphatic heterocycles. The maximum absolute atomic E-state index is 12.1. The third-order valence-electron chi connectivity index (χ3n) is 3.46. The van der Waals surface area contributed by atoms with E-state index in [-0.39, 0.29) is 18.3 Å². The Labute approximate surface area is 151 Å². The van der Waals surface area contributed by atoms with E-state index in [9.17, 15) is 14.4 Å². The Morgan fingerprint density at radius 1 is 1.12 bits per heavy atom. The van der Waals surface area contributed by atoms with E-state index in [0.29, 0.717) is 29.1 Å². The van der Waals surface area contributed by atoms with Crippen LogP contribution >= 0.6 is 0 Å². The molecule has 2 rings (SSSR count). The van der Waals surface area contributed by atoms with Gasteiger partial charge >= 0.3 is 0 Å². The molecule has 26 heavy (non-hydrogen) atoms. The highest BCUT2D eigenvalue weighted by atomic mass is 16.5. The molecule has 0 saturated carbocycles. The van der Waals surface area contributed by atoms with E-state index in [1.807, 2.05) is 0 Å². The maximum atomic E-state index is 12.1. The van der Waals surface area contributed by atoms with Gasteiger partial charge in [0.1, 0.15) is 5.75 Å². The van der Waals surface area contributed by atoms with E-state index < -0.39 is 5.91 Å². The van der Waals surface area contributed by atoms with Crippen LogP contribution in [0.1, 0.15) is 27.6 Å². The fourth-order valence-corrected chi connectivity index (χ4v) is 2.19. The van der Waals surface area contributed by atoms with E-state index in [0.717, 1.165) is 0 Å². The lowest BCUT2D eigenvalue weighted by molar-refractivity contribution is -0.118. The number of ether oxygens (including phenoxy) is 1. The highest BCUT2D eigenvalue weighted by Crippen LogP contribution is 2.16. The van der Waals surface area contributed by atoms with Gasteiger partial charge in [0.15, 0.2) is 12.4 Å². The molecule has 6 nitrogen and oxygen atoms in total. The molecular formula is C20H20N2O4. The van der Waals surface area contributed by atoms with Crippen LogP contribution in [-0.2, 0) is 4.79 Å². The zero-order chi connectivity index (χ0) is 18.9. The highest BCUT2D eigenvalue weighted by Gasteiger charge is 2.13. The summed E-state index contributed by atoms with van der Waals surface area (Å²) in [5.41, 5.74) is 1.24. The SMILES string of the molecule is C=CCNC(=O)c1ccccc1NC(=O)COc1cccc(C(C)=O)c1. The number of hydrogen-bond acceptors (Lipinski definition) is 4. The first kappa shape index (κ1) is 18.9. The van der Waals surface area contributed by atoms with Crippen LogP contribution in [0.5, 0.6) is 5.75 Å². The number of nitrogens with one attached hydrogen (secondary N) is 2. The molecule has 0 spiro atoms. The Hall–Kier alpha value is -3.41. The maximum Gasteiger partial charge on any atom is 0.262 e. The Balaban J connectivity index is 2.00. The lowest BCUT2D eigenvalue weighted by atomic mass is 10.1. The molecule has 2 N–H and O–H groups in total. The summed E-state index contributed by atoms with van der Waals surface area (Å²) >= 11 is 0. The topological polar surface area (TPSA) is 84.5 Å². The average molecular weight is 352 g/mol. The van der Waals surface area contributed by atoms with Gasteiger partial charge in [0.05, 0.1) is 11.3 Å². The molecule has 134 valence electrons. The quantitative estimate of drug-likeness (QED) is 0.565. The summed E-state index contributed by atoms with van der Waals surface area (Å²) in [6, 6.07) is 13.3. The van der Waals surface area contributed by atoms with Crippen molar-refractivity contribution in [1.82, 2.24) is 5.32 Å². The van der Waals surface area contributed by atoms with Gasteiger partial charge in [-0.05, 0) is 31.2 Å². The minimum absolute atomic E-state index is 0.0839. The largest absolute Gasteiger partial charge is 0.484 e. The van der Waals surface area contributed by atoms with Crippen LogP contribution in [0.25, 0.3) is 0 Å². The van der Waals surface area contributed by atoms with Crippen LogP contribution < -0.4 is 15.4 Å². The van der Waals surface area contributed by atoms with Gasteiger partial charge in [0, 0.05) is 12.1 Å². The molecule has 0 saturated heterocycles. The predicted molar refractivity (Wildman–Crippen MR) is 99.5 cm³/mol. The van der Waals surface area contributed by atoms with Crippen LogP contribution in [0, 0.1) is 0 Å². The van der Waals surface area contributed by atoms with E-state index in [1.165, 1.54) is 6.92 Å². The van der Waals surface area contributed by atoms with E-state index in [2.05, 4.69) is 17.2 Å². The first-order chi connectivity index (χ1) is 12.5. The summed E-state index contributed by atoms with van der Waals surface area (Å²) in [6.07, 6.45) is 1.57. The lowest BCUT2D eigenvalue weighted by Crippen LogP contribution is -2.26. The van der Waals surface area contributed by atoms with Gasteiger partial charge in [-0.25, -0.2) is 0 Å². The first-order valence-electron chi connectivity index (χ1n) is 8.03. The van der Waals surface area contributed by atoms with Crippen LogP contribution in [0.2, 0.25) is 0 Å². The molecule has 2 aromatic rings. The Bertz CT molecular complexity index is 830. The van der Waals surface area contributed by atoms with Crippen LogP contribution in [0.3, 0.4) is 0 Å². The molecule has 2 aromatic carbocycles. The van der Waals surface area contributed by atoms with Gasteiger partial charge in [0.2, 0.25) is 0 Å². The number of ketones is 1. The van der Waals surface area contributed by atoms with Gasteiger partial charge in [-0.3, -0.25) is 14.4 Å². The van der Waals surface area contributed by atoms with Crippen LogP contribution in [0.4, 0.5) is 5.69 Å². The number of benzene rings is 2. The summed E-state index contributed by atoms with van der Waals surface area (Å²) in [5.74, 6) is -0.387. The summed E-state index contributed by atoms with van der Waals surface area (Å²) in [4.78, 5) is 35.6. The molecule has 0 radical (unpaired) electrons. The predicted octanol–water partition coefficient (Wildman–Crippen LogP) is 2.82. The molecule has 6 heteroatoms. The van der Waals surface area contributed by atoms with Crippen molar-refractivity contribution >= 4 is 23.3 Å². The molecular weight excluding hydrogens is 332 g/mol. The zero-order valence-electron chi connectivity index (χ0n) is 14.5. The Kier molecular flexibility index (Phi) is 6.68. The number of para-hydroxylation sites is 1. The number of anilines is 1. The zero-order valence-corrected chi connectivity index (χ0v) is 14.5. The van der Waals surface area contributed by atoms with Gasteiger partial charge in [-0.2, -0.15) is 0 Å². The van der Waals surface area contributed by atoms with Crippen LogP contribution in [0.15, 0.2) is 61.2 Å². The fourth-order valence-electron chi connectivity index (χ4n) is 2.19. The molecule has 0 heterocycles. The van der Waals surface area contributed by atoms with Crippen molar-refractivity contribution in [2.45, 2.75) is 6.92 Å². The second kappa shape index (κ2) is 9.17. The van der Waals surface area contributed by atoms with E-state index in [1.54, 1.807) is 54.6 Å². The van der Waals surface area contributed by atoms with Crippen molar-refractivity contribution in [3.05, 3.63) is 72.3 Å². The summed E-state index contributed by atoms with van der Waals surface area (Å²) in [6.45, 7) is 5.09. The molecule has 2 amide bonds. The second-order valence-corrected chi connectivity index (χ2v) is 5.47. The van der Waals surface area contributed by atoms with Crippen molar-refractivity contribution in [3.63, 3.8) is 0 Å². The van der Waals surface area contributed by atoms with Gasteiger partial charge in [-0.1, -0.05) is 30.3 Å². The number of carbonyl (C=O) groups is 3. The third-order valence-corrected chi connectivity index (χ3v) is 3.46. The van der Waals surface area contributed by atoms with E-state index >= 15 is 0 Å². The van der Waals surface area contributed by atoms with E-state index in [4.69, 9.17) is 4.74 Å². The highest BCUT2D eigenvalue weighted by molar-refractivity contribution is 6.04. The second-order valence-electron chi connectivity index (χ2n) is 5.47. The number of carbonyl (C=O) groups excluding carboxylic acids is 3. The van der Waals surface area contributed by atoms with Gasteiger partial charge in [0.25, 0.3) is 11.8 Å². The molecule has 0 aromatic heterocycles. The summed E-state index contributed by atoms with van der Waals surface area (Å²) in [5, 5.41) is 5.32. The number of rotatable bonds is 8. The minimum Gasteiger partial charge on any atom is -0.484 e. The monoisotopic (exact) mass is 352 g/mol. The average Bonchev–Trinajstić information content (AvgIpc) is 2.65. The van der Waals surface area contributed by atoms with Crippen molar-refractivity contribution in [1.29, 1.82) is 0 Å². The lowest BCUT2D eigenvalue weighted by Gasteiger charge is -2.11. The Morgan fingerprint density at radius 3 is 2.62 bits per heavy atom. The van der Waals surface area contributed by atoms with Crippen LogP contribution in [-0.4, -0.2) is 30.7 Å². The van der Waals surface area contributed by atoms with Crippen molar-refractivity contribution in [3.8, 4) is 5.75 Å². The molecule has 0 fully saturated rings. The number of amides is 2. The molecule has 0 unspecified atom stereocenters. The minimum atomic E-state index is -0.415. The molecule has 0 bridgehead atoms. The normalized spacial score (nSPS) is 9.88. The van der Waals surface area contributed by atoms with Crippen molar-refractivity contribution < 1.29 is 19.1 Å². The number of Topliss-reactive ketones (excluding diaryl/α,β-unsaturated/α-hetero) is 1.